The summed E-state index contributed by atoms with van der Waals surface area (Å²) in [6, 6.07) is 15.8. The van der Waals surface area contributed by atoms with Crippen LogP contribution in [0.1, 0.15) is 32.3 Å². The smallest absolute Gasteiger partial charge is 0.264 e. The molecular formula is C29H32Cl3N3O5S. The molecule has 0 aromatic heterocycles. The summed E-state index contributed by atoms with van der Waals surface area (Å²) in [6.45, 7) is 3.41. The highest BCUT2D eigenvalue weighted by atomic mass is 35.5. The van der Waals surface area contributed by atoms with E-state index in [9.17, 15) is 18.0 Å². The van der Waals surface area contributed by atoms with Crippen LogP contribution < -0.4 is 14.4 Å². The molecule has 8 nitrogen and oxygen atoms in total. The fourth-order valence-corrected chi connectivity index (χ4v) is 5.97. The number of benzene rings is 3. The van der Waals surface area contributed by atoms with Crippen molar-refractivity contribution in [1.82, 2.24) is 10.2 Å². The molecule has 1 atom stereocenters. The topological polar surface area (TPSA) is 96.0 Å². The Morgan fingerprint density at radius 2 is 1.59 bits per heavy atom. The van der Waals surface area contributed by atoms with Gasteiger partial charge in [0.15, 0.2) is 0 Å². The number of halogens is 3. The minimum Gasteiger partial charge on any atom is -0.497 e. The number of carbonyl (C=O) groups is 2. The molecule has 0 fully saturated rings. The highest BCUT2D eigenvalue weighted by Gasteiger charge is 2.32. The van der Waals surface area contributed by atoms with Crippen LogP contribution in [0.3, 0.4) is 0 Å². The molecule has 0 saturated carbocycles. The van der Waals surface area contributed by atoms with E-state index in [-0.39, 0.29) is 23.0 Å². The van der Waals surface area contributed by atoms with Gasteiger partial charge in [-0.05, 0) is 79.6 Å². The van der Waals surface area contributed by atoms with Gasteiger partial charge in [0.1, 0.15) is 18.3 Å². The second kappa shape index (κ2) is 14.8. The largest absolute Gasteiger partial charge is 0.497 e. The Balaban J connectivity index is 2.02. The molecule has 3 aromatic carbocycles. The number of carbonyl (C=O) groups excluding carboxylic acids is 2. The number of hydrogen-bond acceptors (Lipinski definition) is 5. The van der Waals surface area contributed by atoms with Crippen LogP contribution in [0.25, 0.3) is 0 Å². The number of nitrogens with zero attached hydrogens (tertiary/aromatic N) is 2. The first-order chi connectivity index (χ1) is 19.5. The van der Waals surface area contributed by atoms with Crippen molar-refractivity contribution in [2.45, 2.75) is 44.2 Å². The third-order valence-corrected chi connectivity index (χ3v) is 9.02. The highest BCUT2D eigenvalue weighted by molar-refractivity contribution is 7.92. The van der Waals surface area contributed by atoms with Crippen molar-refractivity contribution in [3.05, 3.63) is 87.4 Å². The van der Waals surface area contributed by atoms with E-state index in [0.717, 1.165) is 17.1 Å². The molecule has 0 saturated heterocycles. The summed E-state index contributed by atoms with van der Waals surface area (Å²) in [5.41, 5.74) is 0.775. The SMILES string of the molecule is CCCCNC(=O)[C@@H](C)N(Cc1ccc(Cl)cc1Cl)C(=O)CN(c1ccc(Cl)cc1)S(=O)(=O)c1ccc(OC)cc1. The van der Waals surface area contributed by atoms with Gasteiger partial charge in [0.25, 0.3) is 10.0 Å². The number of methoxy groups -OCH3 is 1. The molecule has 3 aromatic rings. The first-order valence-corrected chi connectivity index (χ1v) is 15.5. The third kappa shape index (κ3) is 8.52. The number of nitrogens with one attached hydrogen (secondary N) is 1. The van der Waals surface area contributed by atoms with Crippen LogP contribution in [-0.4, -0.2) is 51.4 Å². The molecular weight excluding hydrogens is 609 g/mol. The standard InChI is InChI=1S/C29H32Cl3N3O5S/c1-4-5-16-33-29(37)20(2)34(18-21-6-7-23(31)17-27(21)32)28(36)19-35(24-10-8-22(30)9-11-24)41(38,39)26-14-12-25(40-3)13-15-26/h6-15,17,20H,4-5,16,18-19H2,1-3H3,(H,33,37)/t20-/m1/s1. The third-order valence-electron chi connectivity index (χ3n) is 6.39. The number of amides is 2. The fourth-order valence-electron chi connectivity index (χ4n) is 3.96. The lowest BCUT2D eigenvalue weighted by Gasteiger charge is -2.32. The Bertz CT molecular complexity index is 1450. The highest BCUT2D eigenvalue weighted by Crippen LogP contribution is 2.28. The van der Waals surface area contributed by atoms with Crippen molar-refractivity contribution in [2.24, 2.45) is 0 Å². The number of rotatable bonds is 13. The molecule has 0 aliphatic rings. The van der Waals surface area contributed by atoms with Crippen molar-refractivity contribution < 1.29 is 22.7 Å². The molecule has 0 spiro atoms. The average molecular weight is 641 g/mol. The van der Waals surface area contributed by atoms with Crippen LogP contribution in [0.4, 0.5) is 5.69 Å². The van der Waals surface area contributed by atoms with Gasteiger partial charge in [0.2, 0.25) is 11.8 Å². The zero-order valence-electron chi connectivity index (χ0n) is 22.9. The molecule has 0 aliphatic heterocycles. The van der Waals surface area contributed by atoms with E-state index in [1.807, 2.05) is 6.92 Å². The van der Waals surface area contributed by atoms with Crippen molar-refractivity contribution >= 4 is 62.3 Å². The number of anilines is 1. The van der Waals surface area contributed by atoms with Crippen LogP contribution in [-0.2, 0) is 26.2 Å². The molecule has 0 unspecified atom stereocenters. The Hall–Kier alpha value is -2.98. The van der Waals surface area contributed by atoms with E-state index in [4.69, 9.17) is 39.5 Å². The van der Waals surface area contributed by atoms with Crippen LogP contribution >= 0.6 is 34.8 Å². The van der Waals surface area contributed by atoms with Gasteiger partial charge in [0, 0.05) is 28.2 Å². The molecule has 12 heteroatoms. The number of hydrogen-bond donors (Lipinski definition) is 1. The predicted molar refractivity (Wildman–Crippen MR) is 163 cm³/mol. The average Bonchev–Trinajstić information content (AvgIpc) is 2.95. The minimum absolute atomic E-state index is 0.0429. The maximum atomic E-state index is 14.0. The lowest BCUT2D eigenvalue weighted by atomic mass is 10.1. The van der Waals surface area contributed by atoms with E-state index >= 15 is 0 Å². The van der Waals surface area contributed by atoms with Gasteiger partial charge >= 0.3 is 0 Å². The number of sulfonamides is 1. The van der Waals surface area contributed by atoms with Gasteiger partial charge < -0.3 is 15.0 Å². The van der Waals surface area contributed by atoms with Gasteiger partial charge in [-0.1, -0.05) is 54.2 Å². The summed E-state index contributed by atoms with van der Waals surface area (Å²) in [4.78, 5) is 28.3. The normalized spacial score (nSPS) is 12.0. The van der Waals surface area contributed by atoms with E-state index in [1.54, 1.807) is 25.1 Å². The fraction of sp³-hybridized carbons (Fsp3) is 0.310. The Kier molecular flexibility index (Phi) is 11.7. The zero-order valence-corrected chi connectivity index (χ0v) is 26.0. The van der Waals surface area contributed by atoms with Gasteiger partial charge in [-0.3, -0.25) is 13.9 Å². The number of ether oxygens (including phenoxy) is 1. The monoisotopic (exact) mass is 639 g/mol. The lowest BCUT2D eigenvalue weighted by molar-refractivity contribution is -0.139. The van der Waals surface area contributed by atoms with Crippen LogP contribution in [0.2, 0.25) is 15.1 Å². The minimum atomic E-state index is -4.23. The van der Waals surface area contributed by atoms with Gasteiger partial charge in [0.05, 0.1) is 17.7 Å². The summed E-state index contributed by atoms with van der Waals surface area (Å²) >= 11 is 18.5. The molecule has 1 N–H and O–H groups in total. The summed E-state index contributed by atoms with van der Waals surface area (Å²) in [5.74, 6) is -0.499. The predicted octanol–water partition coefficient (Wildman–Crippen LogP) is 6.18. The molecule has 0 heterocycles. The lowest BCUT2D eigenvalue weighted by Crippen LogP contribution is -2.51. The van der Waals surface area contributed by atoms with Crippen molar-refractivity contribution in [2.75, 3.05) is 24.5 Å². The van der Waals surface area contributed by atoms with Crippen molar-refractivity contribution in [1.29, 1.82) is 0 Å². The van der Waals surface area contributed by atoms with Gasteiger partial charge in [-0.15, -0.1) is 0 Å². The maximum absolute atomic E-state index is 14.0. The summed E-state index contributed by atoms with van der Waals surface area (Å²) < 4.78 is 33.9. The molecule has 41 heavy (non-hydrogen) atoms. The summed E-state index contributed by atoms with van der Waals surface area (Å²) in [5, 5.41) is 3.97. The molecule has 0 aliphatic carbocycles. The molecule has 3 rings (SSSR count). The maximum Gasteiger partial charge on any atom is 0.264 e. The van der Waals surface area contributed by atoms with E-state index in [0.29, 0.717) is 32.9 Å². The van der Waals surface area contributed by atoms with Crippen LogP contribution in [0.5, 0.6) is 5.75 Å². The van der Waals surface area contributed by atoms with Crippen molar-refractivity contribution in [3.63, 3.8) is 0 Å². The van der Waals surface area contributed by atoms with Gasteiger partial charge in [-0.2, -0.15) is 0 Å². The summed E-state index contributed by atoms with van der Waals surface area (Å²) in [7, 11) is -2.75. The van der Waals surface area contributed by atoms with Crippen LogP contribution in [0, 0.1) is 0 Å². The molecule has 220 valence electrons. The van der Waals surface area contributed by atoms with Crippen molar-refractivity contribution in [3.8, 4) is 5.75 Å². The van der Waals surface area contributed by atoms with E-state index in [1.165, 1.54) is 60.5 Å². The Labute approximate surface area is 256 Å². The second-order valence-corrected chi connectivity index (χ2v) is 12.4. The van der Waals surface area contributed by atoms with E-state index in [2.05, 4.69) is 5.32 Å². The first kappa shape index (κ1) is 32.5. The molecule has 0 bridgehead atoms. The second-order valence-electron chi connectivity index (χ2n) is 9.24. The molecule has 2 amide bonds. The summed E-state index contributed by atoms with van der Waals surface area (Å²) in [6.07, 6.45) is 1.66. The molecule has 0 radical (unpaired) electrons. The van der Waals surface area contributed by atoms with Crippen LogP contribution in [0.15, 0.2) is 71.6 Å². The Morgan fingerprint density at radius 1 is 0.951 bits per heavy atom. The zero-order chi connectivity index (χ0) is 30.2. The Morgan fingerprint density at radius 3 is 2.17 bits per heavy atom. The van der Waals surface area contributed by atoms with Gasteiger partial charge in [-0.25, -0.2) is 8.42 Å². The quantitative estimate of drug-likeness (QED) is 0.225. The van der Waals surface area contributed by atoms with E-state index < -0.39 is 28.5 Å². The first-order valence-electron chi connectivity index (χ1n) is 12.9. The number of unbranched alkanes of at least 4 members (excludes halogenated alkanes) is 1.